The first-order valence-electron chi connectivity index (χ1n) is 12.3. The zero-order valence-corrected chi connectivity index (χ0v) is 21.7. The summed E-state index contributed by atoms with van der Waals surface area (Å²) in [5.74, 6) is 0.750. The number of anilines is 1. The molecule has 0 saturated carbocycles. The van der Waals surface area contributed by atoms with Gasteiger partial charge in [0.05, 0.1) is 18.3 Å². The van der Waals surface area contributed by atoms with Crippen LogP contribution in [0.1, 0.15) is 31.7 Å². The van der Waals surface area contributed by atoms with E-state index >= 15 is 0 Å². The monoisotopic (exact) mass is 471 g/mol. The summed E-state index contributed by atoms with van der Waals surface area (Å²) in [7, 11) is 1.73. The van der Waals surface area contributed by atoms with Crippen molar-refractivity contribution in [1.82, 2.24) is 10.2 Å². The minimum atomic E-state index is -0.187. The molecule has 0 amide bonds. The molecular formula is C29H39FLiN3O. The van der Waals surface area contributed by atoms with Crippen molar-refractivity contribution in [3.05, 3.63) is 91.3 Å². The summed E-state index contributed by atoms with van der Waals surface area (Å²) < 4.78 is 18.8. The van der Waals surface area contributed by atoms with Crippen LogP contribution in [-0.2, 0) is 6.42 Å². The number of methoxy groups -OCH3 is 1. The van der Waals surface area contributed by atoms with Crippen LogP contribution in [0, 0.1) is 12.7 Å². The van der Waals surface area contributed by atoms with Crippen LogP contribution in [0.15, 0.2) is 73.0 Å². The second-order valence-corrected chi connectivity index (χ2v) is 8.93. The van der Waals surface area contributed by atoms with Gasteiger partial charge in [-0.1, -0.05) is 49.8 Å². The van der Waals surface area contributed by atoms with Gasteiger partial charge in [0.15, 0.2) is 0 Å². The van der Waals surface area contributed by atoms with Gasteiger partial charge in [-0.05, 0) is 54.9 Å². The van der Waals surface area contributed by atoms with Crippen molar-refractivity contribution in [2.24, 2.45) is 0 Å². The molecule has 2 aromatic carbocycles. The van der Waals surface area contributed by atoms with Gasteiger partial charge in [0, 0.05) is 32.7 Å². The summed E-state index contributed by atoms with van der Waals surface area (Å²) in [6.45, 7) is 10.8. The molecule has 6 heteroatoms. The zero-order valence-electron chi connectivity index (χ0n) is 21.7. The molecular weight excluding hydrogens is 432 g/mol. The van der Waals surface area contributed by atoms with Crippen LogP contribution in [0.3, 0.4) is 0 Å². The van der Waals surface area contributed by atoms with Crippen molar-refractivity contribution in [2.45, 2.75) is 38.1 Å². The van der Waals surface area contributed by atoms with E-state index in [1.54, 1.807) is 19.2 Å². The zero-order chi connectivity index (χ0) is 24.2. The average Bonchev–Trinajstić information content (AvgIpc) is 2.90. The topological polar surface area (TPSA) is 27.7 Å². The number of unbranched alkanes of at least 4 members (excludes halogenated alkanes) is 1. The molecule has 4 rings (SSSR count). The number of halogens is 1. The van der Waals surface area contributed by atoms with Crippen molar-refractivity contribution in [1.29, 1.82) is 0 Å². The number of dihydropyridines is 1. The fraction of sp³-hybridized carbons (Fsp3) is 0.414. The largest absolute Gasteiger partial charge is 1.00 e. The second-order valence-electron chi connectivity index (χ2n) is 8.93. The Morgan fingerprint density at radius 1 is 1.03 bits per heavy atom. The molecule has 0 radical (unpaired) electrons. The van der Waals surface area contributed by atoms with Gasteiger partial charge in [0.2, 0.25) is 0 Å². The van der Waals surface area contributed by atoms with Crippen LogP contribution < -0.4 is 33.8 Å². The fourth-order valence-corrected chi connectivity index (χ4v) is 4.34. The standard InChI is InChI=1S/C25H30FN3O.C4H9.Li/c1-30-24-7-3-2-6-23(24)29-18-16-28(17-19-29)15-13-25(12-4-5-14-27-25)20-21-8-10-22(26)11-9-21;1-3-4-2;/h2-12,14,27H,13,15-20H2,1H3;1,3-4H2,2H3;/q;-1;+1. The number of para-hydroxylation sites is 2. The van der Waals surface area contributed by atoms with E-state index in [-0.39, 0.29) is 30.2 Å². The van der Waals surface area contributed by atoms with Crippen molar-refractivity contribution in [3.63, 3.8) is 0 Å². The number of ether oxygens (including phenoxy) is 1. The smallest absolute Gasteiger partial charge is 0.495 e. The normalized spacial score (nSPS) is 19.3. The summed E-state index contributed by atoms with van der Waals surface area (Å²) in [5.41, 5.74) is 2.19. The molecule has 0 spiro atoms. The molecule has 2 aliphatic rings. The van der Waals surface area contributed by atoms with Crippen LogP contribution in [0.4, 0.5) is 10.1 Å². The van der Waals surface area contributed by atoms with Crippen LogP contribution in [-0.4, -0.2) is 50.3 Å². The molecule has 1 unspecified atom stereocenters. The average molecular weight is 472 g/mol. The van der Waals surface area contributed by atoms with Gasteiger partial charge in [-0.25, -0.2) is 4.39 Å². The number of piperazine rings is 1. The van der Waals surface area contributed by atoms with Crippen molar-refractivity contribution < 1.29 is 28.0 Å². The first kappa shape index (κ1) is 29.0. The Kier molecular flexibility index (Phi) is 12.5. The van der Waals surface area contributed by atoms with E-state index in [2.05, 4.69) is 53.2 Å². The van der Waals surface area contributed by atoms with Gasteiger partial charge < -0.3 is 21.9 Å². The number of nitrogens with zero attached hydrogens (tertiary/aromatic N) is 2. The molecule has 2 aromatic rings. The Morgan fingerprint density at radius 3 is 2.31 bits per heavy atom. The van der Waals surface area contributed by atoms with E-state index in [1.807, 2.05) is 36.5 Å². The summed E-state index contributed by atoms with van der Waals surface area (Å²) in [5, 5.41) is 3.57. The predicted molar refractivity (Wildman–Crippen MR) is 141 cm³/mol. The van der Waals surface area contributed by atoms with Gasteiger partial charge >= 0.3 is 18.9 Å². The number of hydrogen-bond donors (Lipinski definition) is 1. The molecule has 2 heterocycles. The molecule has 2 aliphatic heterocycles. The number of hydrogen-bond acceptors (Lipinski definition) is 4. The van der Waals surface area contributed by atoms with Crippen molar-refractivity contribution in [2.75, 3.05) is 44.7 Å². The molecule has 0 bridgehead atoms. The number of allylic oxidation sites excluding steroid dienone is 2. The molecule has 1 atom stereocenters. The first-order chi connectivity index (χ1) is 16.6. The maximum atomic E-state index is 13.3. The van der Waals surface area contributed by atoms with Gasteiger partial charge in [0.1, 0.15) is 11.6 Å². The molecule has 0 aliphatic carbocycles. The summed E-state index contributed by atoms with van der Waals surface area (Å²) in [6, 6.07) is 15.1. The van der Waals surface area contributed by atoms with E-state index in [0.29, 0.717) is 0 Å². The first-order valence-corrected chi connectivity index (χ1v) is 12.3. The Labute approximate surface area is 223 Å². The van der Waals surface area contributed by atoms with E-state index in [0.717, 1.165) is 63.3 Å². The third-order valence-electron chi connectivity index (χ3n) is 6.45. The molecule has 184 valence electrons. The molecule has 4 nitrogen and oxygen atoms in total. The summed E-state index contributed by atoms with van der Waals surface area (Å²) >= 11 is 0. The van der Waals surface area contributed by atoms with Gasteiger partial charge in [-0.15, -0.1) is 0 Å². The third kappa shape index (κ3) is 8.76. The van der Waals surface area contributed by atoms with Gasteiger partial charge in [-0.2, -0.15) is 6.42 Å². The van der Waals surface area contributed by atoms with Crippen LogP contribution >= 0.6 is 0 Å². The van der Waals surface area contributed by atoms with Crippen LogP contribution in [0.2, 0.25) is 0 Å². The minimum absolute atomic E-state index is 0. The summed E-state index contributed by atoms with van der Waals surface area (Å²) in [4.78, 5) is 4.94. The number of nitrogens with one attached hydrogen (secondary N) is 1. The molecule has 1 N–H and O–H groups in total. The van der Waals surface area contributed by atoms with Gasteiger partial charge in [0.25, 0.3) is 0 Å². The predicted octanol–water partition coefficient (Wildman–Crippen LogP) is 2.63. The Hall–Kier alpha value is -2.19. The summed E-state index contributed by atoms with van der Waals surface area (Å²) in [6.07, 6.45) is 12.5. The number of benzene rings is 2. The number of rotatable bonds is 8. The van der Waals surface area contributed by atoms with E-state index in [1.165, 1.54) is 12.1 Å². The molecule has 1 fully saturated rings. The Balaban J connectivity index is 0.000000804. The van der Waals surface area contributed by atoms with Crippen LogP contribution in [0.5, 0.6) is 5.75 Å². The minimum Gasteiger partial charge on any atom is -0.495 e. The van der Waals surface area contributed by atoms with E-state index in [4.69, 9.17) is 4.74 Å². The van der Waals surface area contributed by atoms with Crippen molar-refractivity contribution in [3.8, 4) is 5.75 Å². The molecule has 1 saturated heterocycles. The Morgan fingerprint density at radius 2 is 1.71 bits per heavy atom. The van der Waals surface area contributed by atoms with Crippen molar-refractivity contribution >= 4 is 5.69 Å². The quantitative estimate of drug-likeness (QED) is 0.473. The SMILES string of the molecule is COc1ccccc1N1CCN(CCC2(Cc3ccc(F)cc3)C=CC=CN2)CC1.[CH2-]CCC.[Li+]. The Bertz CT molecular complexity index is 924. The van der Waals surface area contributed by atoms with Crippen LogP contribution in [0.25, 0.3) is 0 Å². The molecule has 35 heavy (non-hydrogen) atoms. The second kappa shape index (κ2) is 15.0. The van der Waals surface area contributed by atoms with E-state index < -0.39 is 0 Å². The third-order valence-corrected chi connectivity index (χ3v) is 6.45. The fourth-order valence-electron chi connectivity index (χ4n) is 4.34. The maximum Gasteiger partial charge on any atom is 1.00 e. The maximum absolute atomic E-state index is 13.3. The molecule has 0 aromatic heterocycles. The van der Waals surface area contributed by atoms with Gasteiger partial charge in [-0.3, -0.25) is 4.90 Å². The van der Waals surface area contributed by atoms with E-state index in [9.17, 15) is 4.39 Å².